The van der Waals surface area contributed by atoms with Crippen LogP contribution in [0.2, 0.25) is 0 Å². The summed E-state index contributed by atoms with van der Waals surface area (Å²) in [6.45, 7) is 2.56. The van der Waals surface area contributed by atoms with Gasteiger partial charge in [-0.1, -0.05) is 18.2 Å². The molecule has 0 radical (unpaired) electrons. The minimum absolute atomic E-state index is 0.0883. The van der Waals surface area contributed by atoms with Gasteiger partial charge in [-0.2, -0.15) is 0 Å². The largest absolute Gasteiger partial charge is 0.344 e. The Balaban J connectivity index is 1.98. The molecule has 4 rings (SSSR count). The van der Waals surface area contributed by atoms with E-state index in [9.17, 15) is 9.59 Å². The highest BCUT2D eigenvalue weighted by molar-refractivity contribution is 6.23. The van der Waals surface area contributed by atoms with Crippen LogP contribution < -0.4 is 10.2 Å². The van der Waals surface area contributed by atoms with Gasteiger partial charge in [0.1, 0.15) is 0 Å². The molecule has 1 aromatic carbocycles. The molecule has 1 N–H and O–H groups in total. The summed E-state index contributed by atoms with van der Waals surface area (Å²) in [4.78, 5) is 25.3. The number of carbonyl (C=O) groups is 2. The highest BCUT2D eigenvalue weighted by atomic mass is 16.2. The molecule has 3 heterocycles. The van der Waals surface area contributed by atoms with Gasteiger partial charge in [-0.25, -0.2) is 4.90 Å². The number of aromatic nitrogens is 1. The number of imide groups is 1. The number of benzene rings is 1. The molecule has 2 amide bonds. The molecule has 2 aliphatic heterocycles. The summed E-state index contributed by atoms with van der Waals surface area (Å²) in [5.41, 5.74) is 3.10. The third kappa shape index (κ3) is 1.53. The first-order chi connectivity index (χ1) is 9.75. The molecule has 102 valence electrons. The first-order valence-corrected chi connectivity index (χ1v) is 6.93. The van der Waals surface area contributed by atoms with Crippen molar-refractivity contribution in [2.45, 2.75) is 25.9 Å². The Hall–Kier alpha value is -2.14. The van der Waals surface area contributed by atoms with Crippen molar-refractivity contribution in [3.05, 3.63) is 30.0 Å². The lowest BCUT2D eigenvalue weighted by Crippen LogP contribution is -2.28. The summed E-state index contributed by atoms with van der Waals surface area (Å²) in [6.07, 6.45) is 2.60. The quantitative estimate of drug-likeness (QED) is 0.796. The van der Waals surface area contributed by atoms with Crippen LogP contribution in [0.1, 0.15) is 18.4 Å². The average Bonchev–Trinajstić information content (AvgIpc) is 2.88. The summed E-state index contributed by atoms with van der Waals surface area (Å²) in [5, 5.41) is 4.37. The maximum absolute atomic E-state index is 12.0. The fourth-order valence-electron chi connectivity index (χ4n) is 3.18. The van der Waals surface area contributed by atoms with Gasteiger partial charge < -0.3 is 9.88 Å². The Morgan fingerprint density at radius 1 is 1.10 bits per heavy atom. The van der Waals surface area contributed by atoms with Crippen LogP contribution in [0.3, 0.4) is 0 Å². The van der Waals surface area contributed by atoms with E-state index in [-0.39, 0.29) is 11.8 Å². The molecule has 0 aliphatic carbocycles. The number of anilines is 1. The van der Waals surface area contributed by atoms with Gasteiger partial charge in [-0.3, -0.25) is 9.59 Å². The lowest BCUT2D eigenvalue weighted by atomic mass is 10.1. The maximum Gasteiger partial charge on any atom is 0.234 e. The highest BCUT2D eigenvalue weighted by Gasteiger charge is 2.32. The molecule has 0 saturated carbocycles. The van der Waals surface area contributed by atoms with E-state index in [0.29, 0.717) is 12.8 Å². The number of para-hydroxylation sites is 1. The fraction of sp³-hybridized carbons (Fsp3) is 0.333. The Bertz CT molecular complexity index is 716. The van der Waals surface area contributed by atoms with E-state index in [1.807, 2.05) is 18.3 Å². The Labute approximate surface area is 116 Å². The molecule has 0 atom stereocenters. The van der Waals surface area contributed by atoms with E-state index in [0.717, 1.165) is 36.2 Å². The molecule has 20 heavy (non-hydrogen) atoms. The molecule has 2 aliphatic rings. The first kappa shape index (κ1) is 11.7. The number of hydrogen-bond acceptors (Lipinski definition) is 3. The van der Waals surface area contributed by atoms with E-state index in [4.69, 9.17) is 0 Å². The lowest BCUT2D eigenvalue weighted by Gasteiger charge is -2.12. The van der Waals surface area contributed by atoms with Gasteiger partial charge in [-0.05, 0) is 5.56 Å². The second kappa shape index (κ2) is 4.18. The fourth-order valence-corrected chi connectivity index (χ4v) is 3.18. The summed E-state index contributed by atoms with van der Waals surface area (Å²) in [7, 11) is 0. The number of rotatable bonds is 1. The molecule has 5 heteroatoms. The number of amides is 2. The molecular weight excluding hydrogens is 254 g/mol. The number of carbonyl (C=O) groups excluding carboxylic acids is 2. The van der Waals surface area contributed by atoms with Crippen molar-refractivity contribution in [1.29, 1.82) is 0 Å². The van der Waals surface area contributed by atoms with E-state index >= 15 is 0 Å². The Kier molecular flexibility index (Phi) is 2.44. The van der Waals surface area contributed by atoms with Crippen molar-refractivity contribution < 1.29 is 9.59 Å². The maximum atomic E-state index is 12.0. The zero-order valence-corrected chi connectivity index (χ0v) is 11.1. The van der Waals surface area contributed by atoms with E-state index in [1.54, 1.807) is 0 Å². The molecule has 0 spiro atoms. The van der Waals surface area contributed by atoms with E-state index < -0.39 is 0 Å². The molecular formula is C15H15N3O2. The van der Waals surface area contributed by atoms with Crippen LogP contribution in [0.25, 0.3) is 10.9 Å². The van der Waals surface area contributed by atoms with Crippen molar-refractivity contribution in [2.75, 3.05) is 11.4 Å². The number of hydrogen-bond donors (Lipinski definition) is 1. The molecule has 1 saturated heterocycles. The molecule has 2 aromatic rings. The summed E-state index contributed by atoms with van der Waals surface area (Å²) < 4.78 is 2.15. The van der Waals surface area contributed by atoms with Crippen molar-refractivity contribution in [1.82, 2.24) is 9.88 Å². The zero-order valence-electron chi connectivity index (χ0n) is 11.1. The predicted molar refractivity (Wildman–Crippen MR) is 75.4 cm³/mol. The second-order valence-corrected chi connectivity index (χ2v) is 5.32. The van der Waals surface area contributed by atoms with Crippen molar-refractivity contribution in [3.8, 4) is 0 Å². The van der Waals surface area contributed by atoms with Crippen LogP contribution in [0, 0.1) is 0 Å². The van der Waals surface area contributed by atoms with Crippen LogP contribution in [-0.4, -0.2) is 22.9 Å². The van der Waals surface area contributed by atoms with Crippen LogP contribution in [-0.2, 0) is 22.7 Å². The van der Waals surface area contributed by atoms with Crippen LogP contribution in [0.4, 0.5) is 5.69 Å². The highest BCUT2D eigenvalue weighted by Crippen LogP contribution is 2.34. The second-order valence-electron chi connectivity index (χ2n) is 5.32. The van der Waals surface area contributed by atoms with Crippen molar-refractivity contribution >= 4 is 28.4 Å². The smallest absolute Gasteiger partial charge is 0.234 e. The normalized spacial score (nSPS) is 18.9. The Morgan fingerprint density at radius 2 is 1.90 bits per heavy atom. The monoisotopic (exact) mass is 269 g/mol. The lowest BCUT2D eigenvalue weighted by molar-refractivity contribution is -0.121. The van der Waals surface area contributed by atoms with E-state index in [1.165, 1.54) is 10.5 Å². The molecule has 5 nitrogen and oxygen atoms in total. The SMILES string of the molecule is O=C1CCC(=O)N1c1cn2c3c(cccc13)CNCC2. The average molecular weight is 269 g/mol. The Morgan fingerprint density at radius 3 is 2.70 bits per heavy atom. The third-order valence-electron chi connectivity index (χ3n) is 4.10. The number of nitrogens with zero attached hydrogens (tertiary/aromatic N) is 2. The number of nitrogens with one attached hydrogen (secondary N) is 1. The molecule has 0 unspecified atom stereocenters. The molecule has 0 bridgehead atoms. The van der Waals surface area contributed by atoms with Crippen molar-refractivity contribution in [2.24, 2.45) is 0 Å². The van der Waals surface area contributed by atoms with Crippen LogP contribution in [0.15, 0.2) is 24.4 Å². The van der Waals surface area contributed by atoms with Gasteiger partial charge in [0.15, 0.2) is 0 Å². The first-order valence-electron chi connectivity index (χ1n) is 6.93. The van der Waals surface area contributed by atoms with Crippen LogP contribution in [0.5, 0.6) is 0 Å². The summed E-state index contributed by atoms with van der Waals surface area (Å²) in [5.74, 6) is -0.177. The third-order valence-corrected chi connectivity index (χ3v) is 4.10. The van der Waals surface area contributed by atoms with Gasteiger partial charge in [0.2, 0.25) is 11.8 Å². The van der Waals surface area contributed by atoms with Crippen molar-refractivity contribution in [3.63, 3.8) is 0 Å². The standard InChI is InChI=1S/C15H15N3O2/c19-13-4-5-14(20)18(13)12-9-17-7-6-16-8-10-2-1-3-11(12)15(10)17/h1-3,9,16H,4-8H2. The van der Waals surface area contributed by atoms with Gasteiger partial charge >= 0.3 is 0 Å². The molecule has 1 aromatic heterocycles. The van der Waals surface area contributed by atoms with Gasteiger partial charge in [0.05, 0.1) is 11.2 Å². The topological polar surface area (TPSA) is 54.3 Å². The minimum Gasteiger partial charge on any atom is -0.344 e. The zero-order chi connectivity index (χ0) is 13.7. The van der Waals surface area contributed by atoms with Gasteiger partial charge in [0.25, 0.3) is 0 Å². The van der Waals surface area contributed by atoms with Gasteiger partial charge in [-0.15, -0.1) is 0 Å². The van der Waals surface area contributed by atoms with Gasteiger partial charge in [0, 0.05) is 44.1 Å². The predicted octanol–water partition coefficient (Wildman–Crippen LogP) is 1.40. The summed E-state index contributed by atoms with van der Waals surface area (Å²) in [6, 6.07) is 6.08. The van der Waals surface area contributed by atoms with E-state index in [2.05, 4.69) is 16.0 Å². The summed E-state index contributed by atoms with van der Waals surface area (Å²) >= 11 is 0. The minimum atomic E-state index is -0.0883. The molecule has 1 fully saturated rings. The van der Waals surface area contributed by atoms with Crippen LogP contribution >= 0.6 is 0 Å².